The number of urea groups is 1. The fraction of sp³-hybridized carbons (Fsp3) is 0.676. The molecule has 0 spiro atoms. The van der Waals surface area contributed by atoms with Crippen LogP contribution in [0, 0.1) is 17.7 Å². The second kappa shape index (κ2) is 15.6. The topological polar surface area (TPSA) is 158 Å². The number of carbonyl (C=O) groups is 4. The molecule has 3 aliphatic rings. The van der Waals surface area contributed by atoms with Crippen molar-refractivity contribution in [2.24, 2.45) is 11.8 Å². The molecule has 49 heavy (non-hydrogen) atoms. The molecule has 4 atom stereocenters. The minimum absolute atomic E-state index is 0.000419. The van der Waals surface area contributed by atoms with Crippen LogP contribution >= 0.6 is 0 Å². The van der Waals surface area contributed by atoms with Crippen LogP contribution in [0.1, 0.15) is 88.3 Å². The van der Waals surface area contributed by atoms with Crippen LogP contribution in [-0.2, 0) is 16.1 Å². The molecule has 1 aliphatic heterocycles. The smallest absolute Gasteiger partial charge is 0.318 e. The monoisotopic (exact) mass is 682 g/mol. The number of anilines is 1. The zero-order valence-electron chi connectivity index (χ0n) is 29.5. The van der Waals surface area contributed by atoms with Crippen molar-refractivity contribution in [2.75, 3.05) is 39.0 Å². The van der Waals surface area contributed by atoms with E-state index in [4.69, 9.17) is 0 Å². The summed E-state index contributed by atoms with van der Waals surface area (Å²) in [6.45, 7) is 9.97. The van der Waals surface area contributed by atoms with E-state index in [2.05, 4.69) is 50.2 Å². The van der Waals surface area contributed by atoms with Gasteiger partial charge in [0.05, 0.1) is 5.69 Å². The molecule has 268 valence electrons. The first-order valence-corrected chi connectivity index (χ1v) is 17.6. The number of piperazine rings is 1. The van der Waals surface area contributed by atoms with Gasteiger partial charge in [-0.15, -0.1) is 5.10 Å². The number of aromatic nitrogens is 4. The molecule has 0 radical (unpaired) electrons. The highest BCUT2D eigenvalue weighted by Crippen LogP contribution is 2.32. The fourth-order valence-corrected chi connectivity index (χ4v) is 6.83. The summed E-state index contributed by atoms with van der Waals surface area (Å²) < 4.78 is 17.2. The molecule has 3 fully saturated rings. The van der Waals surface area contributed by atoms with Crippen molar-refractivity contribution in [2.45, 2.75) is 103 Å². The third-order valence-electron chi connectivity index (χ3n) is 10.6. The number of likely N-dealkylation sites (N-methyl/N-ethyl adjacent to an activating group) is 1. The molecule has 2 saturated carbocycles. The molecule has 0 unspecified atom stereocenters. The summed E-state index contributed by atoms with van der Waals surface area (Å²) in [6.07, 6.45) is 5.15. The molecule has 2 aromatic rings. The van der Waals surface area contributed by atoms with Crippen molar-refractivity contribution >= 4 is 29.4 Å². The summed E-state index contributed by atoms with van der Waals surface area (Å²) >= 11 is 0. The first kappa shape index (κ1) is 36.1. The molecule has 1 saturated heterocycles. The van der Waals surface area contributed by atoms with Gasteiger partial charge >= 0.3 is 6.03 Å². The summed E-state index contributed by atoms with van der Waals surface area (Å²) in [7, 11) is 3.74. The number of amides is 5. The zero-order chi connectivity index (χ0) is 35.4. The number of hydrogen-bond donors (Lipinski definition) is 3. The molecule has 0 bridgehead atoms. The maximum atomic E-state index is 15.8. The molecular formula is C34H51FN10O4. The van der Waals surface area contributed by atoms with E-state index in [-0.39, 0.29) is 41.5 Å². The van der Waals surface area contributed by atoms with Crippen molar-refractivity contribution < 1.29 is 23.6 Å². The van der Waals surface area contributed by atoms with Crippen LogP contribution in [0.5, 0.6) is 0 Å². The van der Waals surface area contributed by atoms with E-state index in [0.29, 0.717) is 37.7 Å². The van der Waals surface area contributed by atoms with Gasteiger partial charge in [0, 0.05) is 51.2 Å². The molecule has 3 N–H and O–H groups in total. The lowest BCUT2D eigenvalue weighted by Crippen LogP contribution is -2.59. The number of tetrazole rings is 1. The highest BCUT2D eigenvalue weighted by Gasteiger charge is 2.38. The molecule has 14 nitrogen and oxygen atoms in total. The van der Waals surface area contributed by atoms with E-state index in [0.717, 1.165) is 38.5 Å². The minimum atomic E-state index is -0.924. The third-order valence-corrected chi connectivity index (χ3v) is 10.6. The van der Waals surface area contributed by atoms with Crippen molar-refractivity contribution in [3.05, 3.63) is 35.4 Å². The predicted octanol–water partition coefficient (Wildman–Crippen LogP) is 2.83. The van der Waals surface area contributed by atoms with E-state index in [1.165, 1.54) is 16.8 Å². The summed E-state index contributed by atoms with van der Waals surface area (Å²) in [5.41, 5.74) is 0.457. The summed E-state index contributed by atoms with van der Waals surface area (Å²) in [5, 5.41) is 19.7. The Morgan fingerprint density at radius 2 is 1.76 bits per heavy atom. The lowest BCUT2D eigenvalue weighted by Gasteiger charge is -2.40. The van der Waals surface area contributed by atoms with Gasteiger partial charge in [-0.1, -0.05) is 32.8 Å². The van der Waals surface area contributed by atoms with Gasteiger partial charge in [-0.25, -0.2) is 13.9 Å². The van der Waals surface area contributed by atoms with Crippen molar-refractivity contribution in [1.82, 2.24) is 45.5 Å². The number of nitrogens with zero attached hydrogens (tertiary/aromatic N) is 7. The van der Waals surface area contributed by atoms with Gasteiger partial charge in [-0.05, 0) is 86.5 Å². The lowest BCUT2D eigenvalue weighted by atomic mass is 9.79. The number of hydrogen-bond acceptors (Lipinski definition) is 8. The van der Waals surface area contributed by atoms with E-state index in [1.54, 1.807) is 36.8 Å². The molecule has 15 heteroatoms. The molecular weight excluding hydrogens is 631 g/mol. The van der Waals surface area contributed by atoms with E-state index in [1.807, 2.05) is 7.05 Å². The summed E-state index contributed by atoms with van der Waals surface area (Å²) in [5.74, 6) is -2.20. The summed E-state index contributed by atoms with van der Waals surface area (Å²) in [4.78, 5) is 59.6. The minimum Gasteiger partial charge on any atom is -0.338 e. The Balaban J connectivity index is 1.33. The van der Waals surface area contributed by atoms with Gasteiger partial charge < -0.3 is 30.7 Å². The Morgan fingerprint density at radius 1 is 1.04 bits per heavy atom. The van der Waals surface area contributed by atoms with Crippen LogP contribution in [0.2, 0.25) is 0 Å². The molecule has 5 amide bonds. The average Bonchev–Trinajstić information content (AvgIpc) is 3.83. The van der Waals surface area contributed by atoms with Gasteiger partial charge in [0.25, 0.3) is 5.91 Å². The number of nitrogens with one attached hydrogen (secondary N) is 3. The SMILES string of the molecule is CCn1nnnc1C(=O)N[C@H](C(=O)Nc1ccc([C@H](C)[C@@H](NC(=O)N(C)C2CC2)C(=O)N2CCN(C)[C@H](C)C2)cc1F)[C@H]1CC[C@H](C)CC1. The number of aryl methyl sites for hydroxylation is 1. The normalized spacial score (nSPS) is 23.2. The largest absolute Gasteiger partial charge is 0.338 e. The highest BCUT2D eigenvalue weighted by molar-refractivity contribution is 6.00. The van der Waals surface area contributed by atoms with Crippen LogP contribution in [0.3, 0.4) is 0 Å². The Morgan fingerprint density at radius 3 is 2.39 bits per heavy atom. The molecule has 2 heterocycles. The Bertz CT molecular complexity index is 1510. The Labute approximate surface area is 287 Å². The van der Waals surface area contributed by atoms with Gasteiger partial charge in [0.2, 0.25) is 17.6 Å². The van der Waals surface area contributed by atoms with Crippen LogP contribution in [0.25, 0.3) is 0 Å². The van der Waals surface area contributed by atoms with Crippen LogP contribution in [0.15, 0.2) is 18.2 Å². The summed E-state index contributed by atoms with van der Waals surface area (Å²) in [6, 6.07) is 2.57. The number of benzene rings is 1. The molecule has 5 rings (SSSR count). The zero-order valence-corrected chi connectivity index (χ0v) is 29.5. The maximum absolute atomic E-state index is 15.8. The number of rotatable bonds is 11. The van der Waals surface area contributed by atoms with Crippen molar-refractivity contribution in [3.8, 4) is 0 Å². The van der Waals surface area contributed by atoms with Crippen LogP contribution < -0.4 is 16.0 Å². The second-order valence-corrected chi connectivity index (χ2v) is 14.2. The van der Waals surface area contributed by atoms with Crippen molar-refractivity contribution in [3.63, 3.8) is 0 Å². The first-order chi connectivity index (χ1) is 23.4. The molecule has 1 aromatic carbocycles. The predicted molar refractivity (Wildman–Crippen MR) is 181 cm³/mol. The Hall–Kier alpha value is -4.14. The maximum Gasteiger partial charge on any atom is 0.318 e. The molecule has 2 aliphatic carbocycles. The third kappa shape index (κ3) is 8.54. The van der Waals surface area contributed by atoms with E-state index in [9.17, 15) is 19.2 Å². The second-order valence-electron chi connectivity index (χ2n) is 14.2. The van der Waals surface area contributed by atoms with Gasteiger partial charge in [0.15, 0.2) is 0 Å². The standard InChI is InChI=1S/C34H51FN10O4/c1-7-45-30(39-40-41-45)32(47)37-29(23-10-8-20(2)9-11-23)31(46)36-27-15-12-24(18-26(27)35)22(4)28(38-34(49)43(6)25-13-14-25)33(48)44-17-16-42(5)21(3)19-44/h12,15,18,20-23,25,28-29H,7-11,13-14,16-17,19H2,1-6H3,(H,36,46)(H,37,47)(H,38,49)/t20-,21-,22+,23-,28-,29+/m1/s1. The van der Waals surface area contributed by atoms with Gasteiger partial charge in [-0.2, -0.15) is 0 Å². The highest BCUT2D eigenvalue weighted by atomic mass is 19.1. The number of halogens is 1. The fourth-order valence-electron chi connectivity index (χ4n) is 6.83. The number of carbonyl (C=O) groups excluding carboxylic acids is 4. The first-order valence-electron chi connectivity index (χ1n) is 17.6. The van der Waals surface area contributed by atoms with Gasteiger partial charge in [-0.3, -0.25) is 14.4 Å². The van der Waals surface area contributed by atoms with Gasteiger partial charge in [0.1, 0.15) is 17.9 Å². The van der Waals surface area contributed by atoms with E-state index < -0.39 is 35.6 Å². The van der Waals surface area contributed by atoms with E-state index >= 15 is 4.39 Å². The lowest BCUT2D eigenvalue weighted by molar-refractivity contribution is -0.136. The quantitative estimate of drug-likeness (QED) is 0.327. The van der Waals surface area contributed by atoms with Crippen LogP contribution in [0.4, 0.5) is 14.9 Å². The van der Waals surface area contributed by atoms with Crippen molar-refractivity contribution in [1.29, 1.82) is 0 Å². The average molecular weight is 683 g/mol. The molecule has 1 aromatic heterocycles. The Kier molecular flexibility index (Phi) is 11.5. The van der Waals surface area contributed by atoms with Crippen LogP contribution in [-0.4, -0.2) is 117 Å².